The van der Waals surface area contributed by atoms with Gasteiger partial charge in [-0.25, -0.2) is 0 Å². The van der Waals surface area contributed by atoms with Crippen molar-refractivity contribution >= 4 is 5.91 Å². The number of hydrogen-bond acceptors (Lipinski definition) is 2. The highest BCUT2D eigenvalue weighted by atomic mass is 16.2. The van der Waals surface area contributed by atoms with Crippen LogP contribution in [0.25, 0.3) is 0 Å². The van der Waals surface area contributed by atoms with Crippen LogP contribution in [0.1, 0.15) is 27.7 Å². The van der Waals surface area contributed by atoms with Crippen molar-refractivity contribution in [2.24, 2.45) is 11.8 Å². The van der Waals surface area contributed by atoms with Gasteiger partial charge in [0.15, 0.2) is 0 Å². The Morgan fingerprint density at radius 3 is 2.57 bits per heavy atom. The van der Waals surface area contributed by atoms with Gasteiger partial charge in [-0.15, -0.1) is 0 Å². The molecule has 2 atom stereocenters. The highest BCUT2D eigenvalue weighted by molar-refractivity contribution is 5.79. The molecule has 1 rings (SSSR count). The van der Waals surface area contributed by atoms with E-state index in [1.54, 1.807) is 0 Å². The number of rotatable bonds is 2. The largest absolute Gasteiger partial charge is 0.337 e. The lowest BCUT2D eigenvalue weighted by molar-refractivity contribution is -0.139. The molecule has 1 unspecified atom stereocenters. The van der Waals surface area contributed by atoms with Gasteiger partial charge in [-0.3, -0.25) is 4.79 Å². The minimum atomic E-state index is 0.149. The van der Waals surface area contributed by atoms with Gasteiger partial charge in [0, 0.05) is 31.6 Å². The Morgan fingerprint density at radius 2 is 2.07 bits per heavy atom. The number of piperazine rings is 1. The lowest BCUT2D eigenvalue weighted by Gasteiger charge is -2.36. The van der Waals surface area contributed by atoms with Crippen molar-refractivity contribution in [2.75, 3.05) is 19.6 Å². The molecule has 1 amide bonds. The Kier molecular flexibility index (Phi) is 3.93. The van der Waals surface area contributed by atoms with Crippen LogP contribution < -0.4 is 5.32 Å². The van der Waals surface area contributed by atoms with Crippen molar-refractivity contribution < 1.29 is 4.79 Å². The lowest BCUT2D eigenvalue weighted by Crippen LogP contribution is -2.54. The normalized spacial score (nSPS) is 25.2. The first kappa shape index (κ1) is 11.5. The van der Waals surface area contributed by atoms with Gasteiger partial charge in [-0.1, -0.05) is 20.8 Å². The van der Waals surface area contributed by atoms with Crippen LogP contribution in [-0.4, -0.2) is 36.5 Å². The lowest BCUT2D eigenvalue weighted by atomic mass is 9.95. The fraction of sp³-hybridized carbons (Fsp3) is 0.909. The molecule has 82 valence electrons. The molecule has 1 N–H and O–H groups in total. The molecule has 1 heterocycles. The monoisotopic (exact) mass is 198 g/mol. The second kappa shape index (κ2) is 4.78. The number of carbonyl (C=O) groups is 1. The molecule has 0 saturated carbocycles. The molecular weight excluding hydrogens is 176 g/mol. The zero-order valence-electron chi connectivity index (χ0n) is 9.71. The number of carbonyl (C=O) groups excluding carboxylic acids is 1. The van der Waals surface area contributed by atoms with Crippen LogP contribution in [0.2, 0.25) is 0 Å². The van der Waals surface area contributed by atoms with E-state index in [9.17, 15) is 4.79 Å². The van der Waals surface area contributed by atoms with Crippen LogP contribution in [-0.2, 0) is 4.79 Å². The van der Waals surface area contributed by atoms with Crippen LogP contribution in [0, 0.1) is 11.8 Å². The zero-order chi connectivity index (χ0) is 10.7. The Hall–Kier alpha value is -0.570. The first-order valence-corrected chi connectivity index (χ1v) is 5.55. The van der Waals surface area contributed by atoms with E-state index in [2.05, 4.69) is 26.1 Å². The molecule has 1 fully saturated rings. The van der Waals surface area contributed by atoms with E-state index in [-0.39, 0.29) is 5.92 Å². The smallest absolute Gasteiger partial charge is 0.225 e. The summed E-state index contributed by atoms with van der Waals surface area (Å²) in [6.07, 6.45) is 0. The van der Waals surface area contributed by atoms with Crippen molar-refractivity contribution in [3.05, 3.63) is 0 Å². The van der Waals surface area contributed by atoms with Gasteiger partial charge >= 0.3 is 0 Å². The highest BCUT2D eigenvalue weighted by Gasteiger charge is 2.27. The topological polar surface area (TPSA) is 32.3 Å². The summed E-state index contributed by atoms with van der Waals surface area (Å²) in [5.41, 5.74) is 0. The van der Waals surface area contributed by atoms with Gasteiger partial charge in [-0.2, -0.15) is 0 Å². The van der Waals surface area contributed by atoms with Crippen molar-refractivity contribution in [3.8, 4) is 0 Å². The van der Waals surface area contributed by atoms with E-state index in [1.165, 1.54) is 0 Å². The standard InChI is InChI=1S/C11H22N2O/c1-8(2)10(4)11(14)13-6-5-12-7-9(13)3/h8-10,12H,5-7H2,1-4H3/t9-,10?/m1/s1. The van der Waals surface area contributed by atoms with Gasteiger partial charge in [-0.05, 0) is 12.8 Å². The number of nitrogens with zero attached hydrogens (tertiary/aromatic N) is 1. The van der Waals surface area contributed by atoms with E-state index < -0.39 is 0 Å². The molecule has 3 nitrogen and oxygen atoms in total. The summed E-state index contributed by atoms with van der Waals surface area (Å²) in [4.78, 5) is 14.1. The number of amides is 1. The molecule has 0 bridgehead atoms. The third-order valence-corrected chi connectivity index (χ3v) is 3.17. The van der Waals surface area contributed by atoms with Gasteiger partial charge in [0.1, 0.15) is 0 Å². The van der Waals surface area contributed by atoms with Crippen LogP contribution in [0.3, 0.4) is 0 Å². The fourth-order valence-electron chi connectivity index (χ4n) is 1.72. The Balaban J connectivity index is 2.58. The molecule has 0 radical (unpaired) electrons. The molecule has 0 aliphatic carbocycles. The average molecular weight is 198 g/mol. The first-order chi connectivity index (χ1) is 6.54. The Bertz CT molecular complexity index is 203. The van der Waals surface area contributed by atoms with Crippen molar-refractivity contribution in [3.63, 3.8) is 0 Å². The molecule has 1 aliphatic heterocycles. The minimum Gasteiger partial charge on any atom is -0.337 e. The number of hydrogen-bond donors (Lipinski definition) is 1. The minimum absolute atomic E-state index is 0.149. The summed E-state index contributed by atoms with van der Waals surface area (Å²) in [5.74, 6) is 0.897. The van der Waals surface area contributed by atoms with Crippen LogP contribution in [0.5, 0.6) is 0 Å². The van der Waals surface area contributed by atoms with Crippen LogP contribution in [0.4, 0.5) is 0 Å². The van der Waals surface area contributed by atoms with Gasteiger partial charge in [0.2, 0.25) is 5.91 Å². The van der Waals surface area contributed by atoms with Crippen molar-refractivity contribution in [1.82, 2.24) is 10.2 Å². The average Bonchev–Trinajstić information content (AvgIpc) is 2.16. The molecule has 3 heteroatoms. The molecule has 0 spiro atoms. The molecule has 0 aromatic rings. The SMILES string of the molecule is CC(C)C(C)C(=O)N1CCNC[C@H]1C. The van der Waals surface area contributed by atoms with Crippen molar-refractivity contribution in [2.45, 2.75) is 33.7 Å². The number of nitrogens with one attached hydrogen (secondary N) is 1. The van der Waals surface area contributed by atoms with Crippen LogP contribution >= 0.6 is 0 Å². The second-order valence-corrected chi connectivity index (χ2v) is 4.62. The molecule has 0 aromatic carbocycles. The predicted octanol–water partition coefficient (Wildman–Crippen LogP) is 1.10. The van der Waals surface area contributed by atoms with E-state index >= 15 is 0 Å². The molecule has 1 saturated heterocycles. The van der Waals surface area contributed by atoms with Gasteiger partial charge in [0.05, 0.1) is 0 Å². The van der Waals surface area contributed by atoms with Crippen molar-refractivity contribution in [1.29, 1.82) is 0 Å². The Labute approximate surface area is 86.9 Å². The first-order valence-electron chi connectivity index (χ1n) is 5.55. The maximum atomic E-state index is 12.0. The summed E-state index contributed by atoms with van der Waals surface area (Å²) in [6, 6.07) is 0.345. The maximum Gasteiger partial charge on any atom is 0.225 e. The van der Waals surface area contributed by atoms with Crippen LogP contribution in [0.15, 0.2) is 0 Å². The second-order valence-electron chi connectivity index (χ2n) is 4.62. The summed E-state index contributed by atoms with van der Waals surface area (Å²) < 4.78 is 0. The molecule has 0 aromatic heterocycles. The third-order valence-electron chi connectivity index (χ3n) is 3.17. The predicted molar refractivity (Wildman–Crippen MR) is 58.0 cm³/mol. The zero-order valence-corrected chi connectivity index (χ0v) is 9.71. The molecular formula is C11H22N2O. The summed E-state index contributed by atoms with van der Waals surface area (Å²) in [7, 11) is 0. The highest BCUT2D eigenvalue weighted by Crippen LogP contribution is 2.15. The molecule has 1 aliphatic rings. The van der Waals surface area contributed by atoms with E-state index in [1.807, 2.05) is 11.8 Å². The molecule has 14 heavy (non-hydrogen) atoms. The Morgan fingerprint density at radius 1 is 1.43 bits per heavy atom. The summed E-state index contributed by atoms with van der Waals surface area (Å²) in [6.45, 7) is 11.1. The third kappa shape index (κ3) is 2.47. The van der Waals surface area contributed by atoms with E-state index in [0.29, 0.717) is 17.9 Å². The van der Waals surface area contributed by atoms with E-state index in [4.69, 9.17) is 0 Å². The maximum absolute atomic E-state index is 12.0. The van der Waals surface area contributed by atoms with Gasteiger partial charge < -0.3 is 10.2 Å². The summed E-state index contributed by atoms with van der Waals surface area (Å²) >= 11 is 0. The fourth-order valence-corrected chi connectivity index (χ4v) is 1.72. The van der Waals surface area contributed by atoms with Gasteiger partial charge in [0.25, 0.3) is 0 Å². The quantitative estimate of drug-likeness (QED) is 0.720. The summed E-state index contributed by atoms with van der Waals surface area (Å²) in [5, 5.41) is 3.29. The van der Waals surface area contributed by atoms with E-state index in [0.717, 1.165) is 19.6 Å².